The zero-order chi connectivity index (χ0) is 20.2. The topological polar surface area (TPSA) is 109 Å². The number of pyridine rings is 1. The first-order chi connectivity index (χ1) is 14.1. The van der Waals surface area contributed by atoms with Crippen LogP contribution in [0, 0.1) is 5.82 Å². The van der Waals surface area contributed by atoms with Crippen LogP contribution in [-0.4, -0.2) is 46.0 Å². The number of hydrogen-bond donors (Lipinski definition) is 3. The molecule has 0 aliphatic carbocycles. The van der Waals surface area contributed by atoms with E-state index in [2.05, 4.69) is 25.6 Å². The molecule has 0 saturated carbocycles. The molecule has 2 aromatic heterocycles. The van der Waals surface area contributed by atoms with Gasteiger partial charge in [0.25, 0.3) is 5.91 Å². The van der Waals surface area contributed by atoms with Gasteiger partial charge in [-0.15, -0.1) is 0 Å². The Morgan fingerprint density at radius 2 is 2.24 bits per heavy atom. The van der Waals surface area contributed by atoms with Crippen molar-refractivity contribution >= 4 is 22.8 Å². The van der Waals surface area contributed by atoms with Gasteiger partial charge in [-0.05, 0) is 36.2 Å². The highest BCUT2D eigenvalue weighted by atomic mass is 19.1. The molecule has 29 heavy (non-hydrogen) atoms. The monoisotopic (exact) mass is 397 g/mol. The molecule has 1 aromatic carbocycles. The van der Waals surface area contributed by atoms with Gasteiger partial charge in [0.15, 0.2) is 6.10 Å². The quantitative estimate of drug-likeness (QED) is 0.545. The van der Waals surface area contributed by atoms with Crippen molar-refractivity contribution in [2.24, 2.45) is 0 Å². The normalized spacial score (nSPS) is 19.1. The van der Waals surface area contributed by atoms with Crippen molar-refractivity contribution in [3.05, 3.63) is 59.9 Å². The Morgan fingerprint density at radius 1 is 1.34 bits per heavy atom. The minimum atomic E-state index is -0.828. The van der Waals surface area contributed by atoms with Gasteiger partial charge in [0.05, 0.1) is 17.1 Å². The molecule has 0 radical (unpaired) electrons. The maximum absolute atomic E-state index is 13.3. The van der Waals surface area contributed by atoms with Crippen molar-refractivity contribution in [1.29, 1.82) is 0 Å². The molecule has 0 spiro atoms. The first kappa shape index (κ1) is 19.0. The first-order valence-electron chi connectivity index (χ1n) is 9.33. The maximum Gasteiger partial charge on any atom is 0.251 e. The third-order valence-corrected chi connectivity index (χ3v) is 4.70. The van der Waals surface area contributed by atoms with E-state index in [1.165, 1.54) is 12.1 Å². The minimum Gasteiger partial charge on any atom is -0.356 e. The highest BCUT2D eigenvalue weighted by Gasteiger charge is 2.36. The van der Waals surface area contributed by atoms with E-state index in [1.54, 1.807) is 30.6 Å². The zero-order valence-electron chi connectivity index (χ0n) is 15.5. The van der Waals surface area contributed by atoms with Crippen LogP contribution in [0.25, 0.3) is 11.0 Å². The van der Waals surface area contributed by atoms with E-state index in [-0.39, 0.29) is 24.2 Å². The first-order valence-corrected chi connectivity index (χ1v) is 9.33. The van der Waals surface area contributed by atoms with Gasteiger partial charge in [-0.3, -0.25) is 14.6 Å². The molecule has 0 bridgehead atoms. The number of rotatable bonds is 6. The van der Waals surface area contributed by atoms with E-state index in [9.17, 15) is 14.0 Å². The van der Waals surface area contributed by atoms with Gasteiger partial charge < -0.3 is 20.4 Å². The lowest BCUT2D eigenvalue weighted by atomic mass is 10.0. The fraction of sp³-hybridized carbons (Fsp3) is 0.300. The third-order valence-electron chi connectivity index (χ3n) is 4.70. The Balaban J connectivity index is 1.32. The third kappa shape index (κ3) is 4.40. The van der Waals surface area contributed by atoms with E-state index < -0.39 is 12.1 Å². The Morgan fingerprint density at radius 3 is 3.07 bits per heavy atom. The number of carbonyl (C=O) groups is 2. The molecular formula is C20H20FN5O3. The van der Waals surface area contributed by atoms with Crippen molar-refractivity contribution in [3.63, 3.8) is 0 Å². The van der Waals surface area contributed by atoms with Crippen LogP contribution in [0.5, 0.6) is 0 Å². The number of H-pyrrole nitrogens is 1. The average Bonchev–Trinajstić information content (AvgIpc) is 3.13. The second-order valence-corrected chi connectivity index (χ2v) is 6.80. The number of aryl methyl sites for hydroxylation is 1. The average molecular weight is 397 g/mol. The van der Waals surface area contributed by atoms with Crippen LogP contribution in [0.2, 0.25) is 0 Å². The Bertz CT molecular complexity index is 1020. The number of aromatic amines is 1. The molecule has 2 atom stereocenters. The predicted octanol–water partition coefficient (Wildman–Crippen LogP) is 1.40. The van der Waals surface area contributed by atoms with Gasteiger partial charge in [-0.25, -0.2) is 9.37 Å². The zero-order valence-corrected chi connectivity index (χ0v) is 15.5. The largest absolute Gasteiger partial charge is 0.356 e. The number of halogens is 1. The molecular weight excluding hydrogens is 377 g/mol. The van der Waals surface area contributed by atoms with Crippen LogP contribution in [0.15, 0.2) is 42.7 Å². The maximum atomic E-state index is 13.3. The molecule has 4 rings (SSSR count). The van der Waals surface area contributed by atoms with Crippen molar-refractivity contribution in [2.45, 2.75) is 25.0 Å². The fourth-order valence-corrected chi connectivity index (χ4v) is 3.32. The molecule has 3 N–H and O–H groups in total. The number of imidazole rings is 1. The van der Waals surface area contributed by atoms with Gasteiger partial charge in [-0.2, -0.15) is 0 Å². The molecule has 1 fully saturated rings. The molecule has 8 nitrogen and oxygen atoms in total. The Labute approximate surface area is 165 Å². The Hall–Kier alpha value is -3.33. The fourth-order valence-electron chi connectivity index (χ4n) is 3.32. The molecule has 1 aliphatic heterocycles. The summed E-state index contributed by atoms with van der Waals surface area (Å²) in [6.07, 6.45) is 3.64. The number of aromatic nitrogens is 3. The van der Waals surface area contributed by atoms with Crippen LogP contribution in [0.1, 0.15) is 23.9 Å². The summed E-state index contributed by atoms with van der Waals surface area (Å²) in [6, 6.07) is 7.34. The predicted molar refractivity (Wildman–Crippen MR) is 102 cm³/mol. The molecule has 9 heteroatoms. The van der Waals surface area contributed by atoms with Gasteiger partial charge >= 0.3 is 0 Å². The molecule has 3 aromatic rings. The van der Waals surface area contributed by atoms with Crippen LogP contribution >= 0.6 is 0 Å². The number of fused-ring (bicyclic) bond motifs is 1. The Kier molecular flexibility index (Phi) is 5.48. The van der Waals surface area contributed by atoms with E-state index in [0.717, 1.165) is 5.82 Å². The highest BCUT2D eigenvalue weighted by molar-refractivity contribution is 5.86. The number of carbonyl (C=O) groups excluding carboxylic acids is 2. The van der Waals surface area contributed by atoms with Crippen molar-refractivity contribution in [1.82, 2.24) is 25.6 Å². The molecule has 0 unspecified atom stereocenters. The summed E-state index contributed by atoms with van der Waals surface area (Å²) in [5.74, 6) is -0.160. The number of hydrogen-bond acceptors (Lipinski definition) is 5. The van der Waals surface area contributed by atoms with E-state index in [1.807, 2.05) is 0 Å². The number of nitrogens with zero attached hydrogens (tertiary/aromatic N) is 2. The molecule has 2 amide bonds. The number of ether oxygens (including phenoxy) is 1. The summed E-state index contributed by atoms with van der Waals surface area (Å²) in [5, 5.41) is 5.63. The standard InChI is InChI=1S/C20H20FN5O3/c21-13-5-6-14-15(9-13)25-16(24-14)4-2-8-23-20(28)19-18(26-17(27)11-29-19)12-3-1-7-22-10-12/h1,3,5-7,9-10,18-19H,2,4,8,11H2,(H,23,28)(H,24,25)(H,26,27)/t18-,19+/m1/s1. The summed E-state index contributed by atoms with van der Waals surface area (Å²) < 4.78 is 18.7. The van der Waals surface area contributed by atoms with Crippen LogP contribution < -0.4 is 10.6 Å². The smallest absolute Gasteiger partial charge is 0.251 e. The summed E-state index contributed by atoms with van der Waals surface area (Å²) in [7, 11) is 0. The van der Waals surface area contributed by atoms with E-state index in [4.69, 9.17) is 4.74 Å². The van der Waals surface area contributed by atoms with E-state index in [0.29, 0.717) is 36.0 Å². The van der Waals surface area contributed by atoms with Gasteiger partial charge in [0, 0.05) is 25.4 Å². The molecule has 3 heterocycles. The summed E-state index contributed by atoms with van der Waals surface area (Å²) in [4.78, 5) is 35.8. The SMILES string of the molecule is O=C1CO[C@H](C(=O)NCCCc2nc3ccc(F)cc3[nH]2)[C@@H](c2cccnc2)N1. The molecule has 150 valence electrons. The highest BCUT2D eigenvalue weighted by Crippen LogP contribution is 2.22. The van der Waals surface area contributed by atoms with E-state index >= 15 is 0 Å². The molecule has 1 saturated heterocycles. The van der Waals surface area contributed by atoms with Crippen LogP contribution in [-0.2, 0) is 20.7 Å². The minimum absolute atomic E-state index is 0.162. The van der Waals surface area contributed by atoms with Gasteiger partial charge in [0.2, 0.25) is 5.91 Å². The van der Waals surface area contributed by atoms with Crippen LogP contribution in [0.3, 0.4) is 0 Å². The lowest BCUT2D eigenvalue weighted by Crippen LogP contribution is -2.52. The van der Waals surface area contributed by atoms with Crippen molar-refractivity contribution < 1.29 is 18.7 Å². The van der Waals surface area contributed by atoms with Gasteiger partial charge in [-0.1, -0.05) is 6.07 Å². The van der Waals surface area contributed by atoms with Crippen molar-refractivity contribution in [2.75, 3.05) is 13.2 Å². The lowest BCUT2D eigenvalue weighted by molar-refractivity contribution is -0.148. The number of benzene rings is 1. The summed E-state index contributed by atoms with van der Waals surface area (Å²) in [5.41, 5.74) is 2.06. The second kappa shape index (κ2) is 8.36. The summed E-state index contributed by atoms with van der Waals surface area (Å²) in [6.45, 7) is 0.252. The lowest BCUT2D eigenvalue weighted by Gasteiger charge is -2.31. The summed E-state index contributed by atoms with van der Waals surface area (Å²) >= 11 is 0. The van der Waals surface area contributed by atoms with Crippen LogP contribution in [0.4, 0.5) is 4.39 Å². The number of amides is 2. The van der Waals surface area contributed by atoms with Gasteiger partial charge in [0.1, 0.15) is 18.2 Å². The van der Waals surface area contributed by atoms with Crippen molar-refractivity contribution in [3.8, 4) is 0 Å². The number of morpholine rings is 1. The second-order valence-electron chi connectivity index (χ2n) is 6.80. The number of nitrogens with one attached hydrogen (secondary N) is 3. The molecule has 1 aliphatic rings.